The Morgan fingerprint density at radius 2 is 1.79 bits per heavy atom. The highest BCUT2D eigenvalue weighted by molar-refractivity contribution is 5.76. The highest BCUT2D eigenvalue weighted by Crippen LogP contribution is 2.17. The van der Waals surface area contributed by atoms with Crippen molar-refractivity contribution in [2.75, 3.05) is 13.7 Å². The summed E-state index contributed by atoms with van der Waals surface area (Å²) >= 11 is 0. The van der Waals surface area contributed by atoms with E-state index in [4.69, 9.17) is 9.47 Å². The first-order valence-corrected chi connectivity index (χ1v) is 7.88. The van der Waals surface area contributed by atoms with Crippen LogP contribution in [0.15, 0.2) is 48.5 Å². The van der Waals surface area contributed by atoms with E-state index in [-0.39, 0.29) is 24.2 Å². The molecule has 0 fully saturated rings. The molecule has 2 aromatic carbocycles. The molecular formula is C19H22FNO3. The van der Waals surface area contributed by atoms with Crippen molar-refractivity contribution < 1.29 is 18.7 Å². The van der Waals surface area contributed by atoms with E-state index in [1.165, 1.54) is 6.07 Å². The molecule has 2 rings (SSSR count). The Morgan fingerprint density at radius 3 is 2.46 bits per heavy atom. The van der Waals surface area contributed by atoms with Crippen molar-refractivity contribution in [3.8, 4) is 11.5 Å². The summed E-state index contributed by atoms with van der Waals surface area (Å²) in [6.45, 7) is 2.22. The van der Waals surface area contributed by atoms with Crippen LogP contribution in [0.3, 0.4) is 0 Å². The molecule has 2 aromatic rings. The van der Waals surface area contributed by atoms with Gasteiger partial charge in [0.25, 0.3) is 0 Å². The fourth-order valence-electron chi connectivity index (χ4n) is 2.23. The van der Waals surface area contributed by atoms with E-state index in [0.29, 0.717) is 24.3 Å². The summed E-state index contributed by atoms with van der Waals surface area (Å²) in [6, 6.07) is 13.6. The van der Waals surface area contributed by atoms with Crippen LogP contribution < -0.4 is 14.8 Å². The summed E-state index contributed by atoms with van der Waals surface area (Å²) in [7, 11) is 1.61. The van der Waals surface area contributed by atoms with E-state index in [9.17, 15) is 9.18 Å². The maximum Gasteiger partial charge on any atom is 0.220 e. The van der Waals surface area contributed by atoms with Crippen LogP contribution in [-0.4, -0.2) is 25.7 Å². The van der Waals surface area contributed by atoms with Gasteiger partial charge in [0, 0.05) is 6.42 Å². The topological polar surface area (TPSA) is 47.6 Å². The highest BCUT2D eigenvalue weighted by atomic mass is 19.1. The summed E-state index contributed by atoms with van der Waals surface area (Å²) in [5.41, 5.74) is 0.551. The number of hydrogen-bond acceptors (Lipinski definition) is 3. The predicted molar refractivity (Wildman–Crippen MR) is 90.8 cm³/mol. The maximum atomic E-state index is 13.5. The second kappa shape index (κ2) is 8.91. The fourth-order valence-corrected chi connectivity index (χ4v) is 2.23. The summed E-state index contributed by atoms with van der Waals surface area (Å²) < 4.78 is 24.2. The summed E-state index contributed by atoms with van der Waals surface area (Å²) in [4.78, 5) is 11.9. The zero-order valence-corrected chi connectivity index (χ0v) is 13.9. The minimum atomic E-state index is -0.277. The second-order valence-corrected chi connectivity index (χ2v) is 5.55. The monoisotopic (exact) mass is 331 g/mol. The average Bonchev–Trinajstić information content (AvgIpc) is 2.59. The lowest BCUT2D eigenvalue weighted by Crippen LogP contribution is -2.36. The molecule has 0 saturated carbocycles. The van der Waals surface area contributed by atoms with Gasteiger partial charge in [-0.3, -0.25) is 4.79 Å². The molecule has 0 unspecified atom stereocenters. The molecule has 1 N–H and O–H groups in total. The number of ether oxygens (including phenoxy) is 2. The van der Waals surface area contributed by atoms with Crippen LogP contribution in [0.1, 0.15) is 18.9 Å². The predicted octanol–water partition coefficient (Wildman–Crippen LogP) is 3.35. The van der Waals surface area contributed by atoms with E-state index >= 15 is 0 Å². The molecule has 0 radical (unpaired) electrons. The SMILES string of the molecule is COc1ccc(OC[C@@H](C)NC(=O)CCc2ccccc2F)cc1. The number of carbonyl (C=O) groups excluding carboxylic acids is 1. The molecule has 0 saturated heterocycles. The number of amides is 1. The molecule has 0 heterocycles. The third-order valence-corrected chi connectivity index (χ3v) is 3.55. The van der Waals surface area contributed by atoms with Crippen LogP contribution in [0.5, 0.6) is 11.5 Å². The minimum absolute atomic E-state index is 0.121. The molecule has 0 aliphatic carbocycles. The Bertz CT molecular complexity index is 658. The van der Waals surface area contributed by atoms with Crippen LogP contribution >= 0.6 is 0 Å². The van der Waals surface area contributed by atoms with Gasteiger partial charge in [-0.1, -0.05) is 18.2 Å². The van der Waals surface area contributed by atoms with Crippen LogP contribution in [0.4, 0.5) is 4.39 Å². The van der Waals surface area contributed by atoms with Gasteiger partial charge >= 0.3 is 0 Å². The summed E-state index contributed by atoms with van der Waals surface area (Å²) in [5, 5.41) is 2.85. The van der Waals surface area contributed by atoms with E-state index in [1.54, 1.807) is 25.3 Å². The molecule has 128 valence electrons. The van der Waals surface area contributed by atoms with E-state index < -0.39 is 0 Å². The number of carbonyl (C=O) groups is 1. The van der Waals surface area contributed by atoms with E-state index in [2.05, 4.69) is 5.32 Å². The number of rotatable bonds is 8. The van der Waals surface area contributed by atoms with Crippen LogP contribution in [0, 0.1) is 5.82 Å². The zero-order valence-electron chi connectivity index (χ0n) is 13.9. The van der Waals surface area contributed by atoms with Gasteiger partial charge in [0.05, 0.1) is 13.2 Å². The van der Waals surface area contributed by atoms with Crippen molar-refractivity contribution in [2.45, 2.75) is 25.8 Å². The van der Waals surface area contributed by atoms with Crippen molar-refractivity contribution >= 4 is 5.91 Å². The van der Waals surface area contributed by atoms with Gasteiger partial charge in [0.2, 0.25) is 5.91 Å². The number of nitrogens with one attached hydrogen (secondary N) is 1. The Kier molecular flexibility index (Phi) is 6.61. The van der Waals surface area contributed by atoms with Gasteiger partial charge in [0.1, 0.15) is 23.9 Å². The van der Waals surface area contributed by atoms with Gasteiger partial charge in [-0.05, 0) is 49.2 Å². The average molecular weight is 331 g/mol. The van der Waals surface area contributed by atoms with Gasteiger partial charge in [0.15, 0.2) is 0 Å². The smallest absolute Gasteiger partial charge is 0.220 e. The molecule has 0 aliphatic rings. The zero-order chi connectivity index (χ0) is 17.4. The lowest BCUT2D eigenvalue weighted by Gasteiger charge is -2.15. The third kappa shape index (κ3) is 5.57. The largest absolute Gasteiger partial charge is 0.497 e. The quantitative estimate of drug-likeness (QED) is 0.807. The molecule has 0 aliphatic heterocycles. The normalized spacial score (nSPS) is 11.6. The molecule has 0 bridgehead atoms. The first kappa shape index (κ1) is 17.8. The molecular weight excluding hydrogens is 309 g/mol. The Labute approximate surface area is 141 Å². The molecule has 24 heavy (non-hydrogen) atoms. The van der Waals surface area contributed by atoms with Gasteiger partial charge in [-0.25, -0.2) is 4.39 Å². The molecule has 5 heteroatoms. The van der Waals surface area contributed by atoms with Gasteiger partial charge in [-0.15, -0.1) is 0 Å². The fraction of sp³-hybridized carbons (Fsp3) is 0.316. The van der Waals surface area contributed by atoms with Crippen molar-refractivity contribution in [1.29, 1.82) is 0 Å². The number of aryl methyl sites for hydroxylation is 1. The summed E-state index contributed by atoms with van der Waals surface area (Å²) in [6.07, 6.45) is 0.623. The molecule has 4 nitrogen and oxygen atoms in total. The first-order chi connectivity index (χ1) is 11.6. The van der Waals surface area contributed by atoms with Gasteiger partial charge in [-0.2, -0.15) is 0 Å². The van der Waals surface area contributed by atoms with Crippen LogP contribution in [0.2, 0.25) is 0 Å². The summed E-state index contributed by atoms with van der Waals surface area (Å²) in [5.74, 6) is 1.07. The van der Waals surface area contributed by atoms with E-state index in [1.807, 2.05) is 31.2 Å². The molecule has 0 aromatic heterocycles. The van der Waals surface area contributed by atoms with Crippen molar-refractivity contribution in [3.63, 3.8) is 0 Å². The second-order valence-electron chi connectivity index (χ2n) is 5.55. The lowest BCUT2D eigenvalue weighted by molar-refractivity contribution is -0.121. The third-order valence-electron chi connectivity index (χ3n) is 3.55. The van der Waals surface area contributed by atoms with E-state index in [0.717, 1.165) is 5.75 Å². The minimum Gasteiger partial charge on any atom is -0.497 e. The molecule has 0 spiro atoms. The molecule has 1 atom stereocenters. The highest BCUT2D eigenvalue weighted by Gasteiger charge is 2.10. The molecule has 1 amide bonds. The Balaban J connectivity index is 1.72. The number of hydrogen-bond donors (Lipinski definition) is 1. The number of halogens is 1. The van der Waals surface area contributed by atoms with Crippen LogP contribution in [0.25, 0.3) is 0 Å². The first-order valence-electron chi connectivity index (χ1n) is 7.88. The van der Waals surface area contributed by atoms with Crippen molar-refractivity contribution in [3.05, 3.63) is 59.9 Å². The Morgan fingerprint density at radius 1 is 1.12 bits per heavy atom. The standard InChI is InChI=1S/C19H22FNO3/c1-14(13-24-17-10-8-16(23-2)9-11-17)21-19(22)12-7-15-5-3-4-6-18(15)20/h3-6,8-11,14H,7,12-13H2,1-2H3,(H,21,22)/t14-/m1/s1. The lowest BCUT2D eigenvalue weighted by atomic mass is 10.1. The number of methoxy groups -OCH3 is 1. The van der Waals surface area contributed by atoms with Crippen molar-refractivity contribution in [2.24, 2.45) is 0 Å². The Hall–Kier alpha value is -2.56. The van der Waals surface area contributed by atoms with Crippen molar-refractivity contribution in [1.82, 2.24) is 5.32 Å². The maximum absolute atomic E-state index is 13.5. The number of benzene rings is 2. The van der Waals surface area contributed by atoms with Gasteiger partial charge < -0.3 is 14.8 Å². The van der Waals surface area contributed by atoms with Crippen LogP contribution in [-0.2, 0) is 11.2 Å².